The van der Waals surface area contributed by atoms with Crippen LogP contribution in [-0.2, 0) is 38.1 Å². The molecule has 0 fully saturated rings. The number of hydrogen-bond acceptors (Lipinski definition) is 5. The second kappa shape index (κ2) is 7.81. The summed E-state index contributed by atoms with van der Waals surface area (Å²) in [6.45, 7) is -0.0750. The highest BCUT2D eigenvalue weighted by Gasteiger charge is 2.17. The first-order valence-corrected chi connectivity index (χ1v) is 10.6. The molecule has 2 aromatic carbocycles. The zero-order valence-electron chi connectivity index (χ0n) is 15.3. The number of primary amides is 1. The fraction of sp³-hybridized carbons (Fsp3) is 0.211. The second-order valence-corrected chi connectivity index (χ2v) is 8.70. The highest BCUT2D eigenvalue weighted by atomic mass is 32.2. The van der Waals surface area contributed by atoms with E-state index in [1.807, 2.05) is 0 Å². The summed E-state index contributed by atoms with van der Waals surface area (Å²) in [5.41, 5.74) is 7.79. The fourth-order valence-electron chi connectivity index (χ4n) is 2.90. The second-order valence-electron chi connectivity index (χ2n) is 6.56. The molecular weight excluding hydrogens is 380 g/mol. The Morgan fingerprint density at radius 2 is 1.79 bits per heavy atom. The number of aromatic nitrogens is 2. The predicted octanol–water partition coefficient (Wildman–Crippen LogP) is 1.25. The van der Waals surface area contributed by atoms with Crippen LogP contribution in [0.3, 0.4) is 0 Å². The SMILES string of the molecule is CS(=O)(=O)Cc1nc2ccccc2n1CC(=O)Nc1ccc(CC(N)=O)cc1. The molecule has 2 amide bonds. The maximum Gasteiger partial charge on any atom is 0.244 e. The van der Waals surface area contributed by atoms with Crippen molar-refractivity contribution in [3.63, 3.8) is 0 Å². The number of nitrogens with zero attached hydrogens (tertiary/aromatic N) is 2. The number of para-hydroxylation sites is 2. The molecule has 9 heteroatoms. The molecule has 0 saturated carbocycles. The highest BCUT2D eigenvalue weighted by molar-refractivity contribution is 7.89. The first kappa shape index (κ1) is 19.6. The van der Waals surface area contributed by atoms with Gasteiger partial charge in [0.05, 0.1) is 17.5 Å². The monoisotopic (exact) mass is 400 g/mol. The normalized spacial score (nSPS) is 11.5. The predicted molar refractivity (Wildman–Crippen MR) is 106 cm³/mol. The van der Waals surface area contributed by atoms with Crippen molar-refractivity contribution >= 4 is 38.4 Å². The third-order valence-electron chi connectivity index (χ3n) is 4.04. The van der Waals surface area contributed by atoms with E-state index in [2.05, 4.69) is 10.3 Å². The first-order chi connectivity index (χ1) is 13.2. The van der Waals surface area contributed by atoms with Crippen LogP contribution in [0.2, 0.25) is 0 Å². The Morgan fingerprint density at radius 3 is 2.43 bits per heavy atom. The summed E-state index contributed by atoms with van der Waals surface area (Å²) < 4.78 is 25.1. The van der Waals surface area contributed by atoms with Crippen molar-refractivity contribution in [3.8, 4) is 0 Å². The quantitative estimate of drug-likeness (QED) is 0.618. The third kappa shape index (κ3) is 4.95. The van der Waals surface area contributed by atoms with E-state index in [-0.39, 0.29) is 24.6 Å². The van der Waals surface area contributed by atoms with Gasteiger partial charge in [0.15, 0.2) is 9.84 Å². The van der Waals surface area contributed by atoms with Gasteiger partial charge in [-0.1, -0.05) is 24.3 Å². The molecule has 3 aromatic rings. The Morgan fingerprint density at radius 1 is 1.11 bits per heavy atom. The van der Waals surface area contributed by atoms with E-state index in [0.29, 0.717) is 22.5 Å². The Labute approximate surface area is 162 Å². The van der Waals surface area contributed by atoms with Crippen molar-refractivity contribution in [2.75, 3.05) is 11.6 Å². The average molecular weight is 400 g/mol. The smallest absolute Gasteiger partial charge is 0.244 e. The van der Waals surface area contributed by atoms with Gasteiger partial charge in [-0.05, 0) is 29.8 Å². The van der Waals surface area contributed by atoms with Crippen LogP contribution in [0.25, 0.3) is 11.0 Å². The summed E-state index contributed by atoms with van der Waals surface area (Å²) in [5, 5.41) is 2.76. The van der Waals surface area contributed by atoms with E-state index in [1.54, 1.807) is 53.1 Å². The number of carbonyl (C=O) groups is 2. The van der Waals surface area contributed by atoms with Gasteiger partial charge in [-0.3, -0.25) is 9.59 Å². The maximum atomic E-state index is 12.5. The summed E-state index contributed by atoms with van der Waals surface area (Å²) in [4.78, 5) is 27.8. The number of nitrogens with one attached hydrogen (secondary N) is 1. The van der Waals surface area contributed by atoms with E-state index in [9.17, 15) is 18.0 Å². The van der Waals surface area contributed by atoms with Crippen molar-refractivity contribution in [3.05, 3.63) is 59.9 Å². The van der Waals surface area contributed by atoms with Gasteiger partial charge in [0.25, 0.3) is 0 Å². The summed E-state index contributed by atoms with van der Waals surface area (Å²) in [6, 6.07) is 14.0. The minimum absolute atomic E-state index is 0.0750. The highest BCUT2D eigenvalue weighted by Crippen LogP contribution is 2.18. The summed E-state index contributed by atoms with van der Waals surface area (Å²) in [6.07, 6.45) is 1.26. The van der Waals surface area contributed by atoms with E-state index >= 15 is 0 Å². The van der Waals surface area contributed by atoms with Crippen molar-refractivity contribution in [2.24, 2.45) is 5.73 Å². The molecule has 3 rings (SSSR count). The number of benzene rings is 2. The molecule has 0 aliphatic carbocycles. The summed E-state index contributed by atoms with van der Waals surface area (Å²) >= 11 is 0. The standard InChI is InChI=1S/C19H20N4O4S/c1-28(26,27)12-18-22-15-4-2-3-5-16(15)23(18)11-19(25)21-14-8-6-13(7-9-14)10-17(20)24/h2-9H,10-12H2,1H3,(H2,20,24)(H,21,25). The molecule has 0 spiro atoms. The Hall–Kier alpha value is -3.20. The van der Waals surface area contributed by atoms with Gasteiger partial charge < -0.3 is 15.6 Å². The number of hydrogen-bond donors (Lipinski definition) is 2. The molecule has 1 heterocycles. The summed E-state index contributed by atoms with van der Waals surface area (Å²) in [7, 11) is -3.31. The number of sulfone groups is 1. The molecule has 146 valence electrons. The minimum atomic E-state index is -3.31. The van der Waals surface area contributed by atoms with Gasteiger partial charge in [-0.15, -0.1) is 0 Å². The largest absolute Gasteiger partial charge is 0.369 e. The third-order valence-corrected chi connectivity index (χ3v) is 4.83. The van der Waals surface area contributed by atoms with Gasteiger partial charge in [0.2, 0.25) is 11.8 Å². The Balaban J connectivity index is 1.80. The van der Waals surface area contributed by atoms with Crippen LogP contribution < -0.4 is 11.1 Å². The number of anilines is 1. The van der Waals surface area contributed by atoms with E-state index in [1.165, 1.54) is 0 Å². The number of carbonyl (C=O) groups excluding carboxylic acids is 2. The molecule has 0 aliphatic heterocycles. The molecule has 0 radical (unpaired) electrons. The molecule has 3 N–H and O–H groups in total. The molecule has 0 atom stereocenters. The van der Waals surface area contributed by atoms with Crippen LogP contribution in [-0.4, -0.2) is 36.0 Å². The van der Waals surface area contributed by atoms with Gasteiger partial charge in [-0.25, -0.2) is 13.4 Å². The molecule has 0 bridgehead atoms. The van der Waals surface area contributed by atoms with E-state index in [4.69, 9.17) is 5.73 Å². The van der Waals surface area contributed by atoms with E-state index < -0.39 is 15.7 Å². The fourth-order valence-corrected chi connectivity index (χ4v) is 3.59. The lowest BCUT2D eigenvalue weighted by Gasteiger charge is -2.10. The first-order valence-electron chi connectivity index (χ1n) is 8.50. The molecule has 8 nitrogen and oxygen atoms in total. The molecule has 1 aromatic heterocycles. The van der Waals surface area contributed by atoms with Crippen molar-refractivity contribution in [2.45, 2.75) is 18.7 Å². The van der Waals surface area contributed by atoms with E-state index in [0.717, 1.165) is 11.8 Å². The number of fused-ring (bicyclic) bond motifs is 1. The van der Waals surface area contributed by atoms with Crippen LogP contribution >= 0.6 is 0 Å². The summed E-state index contributed by atoms with van der Waals surface area (Å²) in [5.74, 6) is -0.685. The van der Waals surface area contributed by atoms with Crippen LogP contribution in [0.15, 0.2) is 48.5 Å². The van der Waals surface area contributed by atoms with Crippen molar-refractivity contribution in [1.29, 1.82) is 0 Å². The molecular formula is C19H20N4O4S. The van der Waals surface area contributed by atoms with Crippen molar-refractivity contribution in [1.82, 2.24) is 9.55 Å². The Kier molecular flexibility index (Phi) is 5.46. The number of rotatable bonds is 7. The lowest BCUT2D eigenvalue weighted by Crippen LogP contribution is -2.21. The lowest BCUT2D eigenvalue weighted by molar-refractivity contribution is -0.118. The molecule has 0 aliphatic rings. The van der Waals surface area contributed by atoms with Crippen LogP contribution in [0.1, 0.15) is 11.4 Å². The lowest BCUT2D eigenvalue weighted by atomic mass is 10.1. The zero-order valence-corrected chi connectivity index (χ0v) is 16.1. The van der Waals surface area contributed by atoms with Crippen LogP contribution in [0.4, 0.5) is 5.69 Å². The number of nitrogens with two attached hydrogens (primary N) is 1. The zero-order chi connectivity index (χ0) is 20.3. The van der Waals surface area contributed by atoms with Gasteiger partial charge in [-0.2, -0.15) is 0 Å². The van der Waals surface area contributed by atoms with Gasteiger partial charge in [0, 0.05) is 11.9 Å². The van der Waals surface area contributed by atoms with Crippen LogP contribution in [0.5, 0.6) is 0 Å². The topological polar surface area (TPSA) is 124 Å². The minimum Gasteiger partial charge on any atom is -0.369 e. The molecule has 0 saturated heterocycles. The molecule has 0 unspecified atom stereocenters. The molecule has 28 heavy (non-hydrogen) atoms. The maximum absolute atomic E-state index is 12.5. The van der Waals surface area contributed by atoms with Gasteiger partial charge in [0.1, 0.15) is 18.1 Å². The average Bonchev–Trinajstić information content (AvgIpc) is 2.92. The van der Waals surface area contributed by atoms with Gasteiger partial charge >= 0.3 is 0 Å². The Bertz CT molecular complexity index is 1130. The van der Waals surface area contributed by atoms with Crippen molar-refractivity contribution < 1.29 is 18.0 Å². The number of amides is 2. The number of imidazole rings is 1. The van der Waals surface area contributed by atoms with Crippen LogP contribution in [0, 0.1) is 0 Å².